The summed E-state index contributed by atoms with van der Waals surface area (Å²) >= 11 is 11.8. The largest absolute Gasteiger partial charge is 0.273 e. The molecule has 1 aromatic heterocycles. The van der Waals surface area contributed by atoms with Gasteiger partial charge in [0.15, 0.2) is 0 Å². The van der Waals surface area contributed by atoms with Crippen LogP contribution in [0, 0.1) is 6.92 Å². The lowest BCUT2D eigenvalue weighted by Crippen LogP contribution is -2.27. The number of halogens is 2. The van der Waals surface area contributed by atoms with E-state index in [0.29, 0.717) is 5.02 Å². The van der Waals surface area contributed by atoms with E-state index in [4.69, 9.17) is 23.2 Å². The number of sulfonamides is 1. The molecule has 0 radical (unpaired) electrons. The molecule has 8 heteroatoms. The lowest BCUT2D eigenvalue weighted by atomic mass is 10.1. The quantitative estimate of drug-likeness (QED) is 0.924. The van der Waals surface area contributed by atoms with Crippen LogP contribution in [0.4, 0.5) is 0 Å². The monoisotopic (exact) mass is 347 g/mol. The van der Waals surface area contributed by atoms with E-state index in [-0.39, 0.29) is 9.92 Å². The molecule has 0 aliphatic rings. The minimum absolute atomic E-state index is 0.0370. The molecule has 5 nitrogen and oxygen atoms in total. The number of aromatic nitrogens is 2. The molecule has 0 bridgehead atoms. The first-order chi connectivity index (χ1) is 9.72. The summed E-state index contributed by atoms with van der Waals surface area (Å²) < 4.78 is 29.1. The molecule has 1 heterocycles. The summed E-state index contributed by atoms with van der Waals surface area (Å²) in [5.41, 5.74) is 1.70. The first-order valence-corrected chi connectivity index (χ1v) is 8.42. The van der Waals surface area contributed by atoms with Gasteiger partial charge < -0.3 is 0 Å². The van der Waals surface area contributed by atoms with Crippen molar-refractivity contribution < 1.29 is 8.42 Å². The van der Waals surface area contributed by atoms with E-state index in [1.54, 1.807) is 24.9 Å². The Morgan fingerprint density at radius 2 is 2.00 bits per heavy atom. The number of benzene rings is 1. The second-order valence-electron chi connectivity index (χ2n) is 4.73. The molecule has 114 valence electrons. The van der Waals surface area contributed by atoms with Crippen LogP contribution in [0.3, 0.4) is 0 Å². The van der Waals surface area contributed by atoms with Crippen LogP contribution in [-0.2, 0) is 17.1 Å². The van der Waals surface area contributed by atoms with Crippen molar-refractivity contribution in [1.82, 2.24) is 14.5 Å². The van der Waals surface area contributed by atoms with Gasteiger partial charge in [-0.1, -0.05) is 23.2 Å². The molecule has 0 saturated carbocycles. The summed E-state index contributed by atoms with van der Waals surface area (Å²) in [6.07, 6.45) is 1.64. The van der Waals surface area contributed by atoms with Crippen molar-refractivity contribution in [3.05, 3.63) is 45.7 Å². The van der Waals surface area contributed by atoms with Gasteiger partial charge in [0.25, 0.3) is 0 Å². The molecule has 1 unspecified atom stereocenters. The van der Waals surface area contributed by atoms with Crippen molar-refractivity contribution in [2.24, 2.45) is 7.05 Å². The molecule has 1 aromatic carbocycles. The van der Waals surface area contributed by atoms with Gasteiger partial charge in [-0.2, -0.15) is 5.10 Å². The Hall–Kier alpha value is -1.08. The van der Waals surface area contributed by atoms with E-state index < -0.39 is 16.1 Å². The zero-order valence-corrected chi connectivity index (χ0v) is 14.1. The third kappa shape index (κ3) is 3.40. The van der Waals surface area contributed by atoms with Crippen molar-refractivity contribution in [1.29, 1.82) is 0 Å². The zero-order valence-electron chi connectivity index (χ0n) is 11.8. The molecule has 1 atom stereocenters. The third-order valence-electron chi connectivity index (χ3n) is 3.25. The van der Waals surface area contributed by atoms with Crippen LogP contribution in [-0.4, -0.2) is 18.2 Å². The number of nitrogens with one attached hydrogen (secondary N) is 1. The maximum atomic E-state index is 12.4. The van der Waals surface area contributed by atoms with Gasteiger partial charge in [0, 0.05) is 29.4 Å². The predicted octanol–water partition coefficient (Wildman–Crippen LogP) is 3.07. The standard InChI is InChI=1S/C13H15Cl2N3O2S/c1-8(11-7-16-18(3)9(11)2)17-21(19,20)13-6-10(14)4-5-12(13)15/h4-8,17H,1-3H3. The normalized spacial score (nSPS) is 13.4. The third-order valence-corrected chi connectivity index (χ3v) is 5.51. The van der Waals surface area contributed by atoms with Gasteiger partial charge in [0.1, 0.15) is 4.90 Å². The van der Waals surface area contributed by atoms with E-state index in [0.717, 1.165) is 11.3 Å². The topological polar surface area (TPSA) is 64.0 Å². The first-order valence-electron chi connectivity index (χ1n) is 6.18. The fraction of sp³-hybridized carbons (Fsp3) is 0.308. The first kappa shape index (κ1) is 16.3. The highest BCUT2D eigenvalue weighted by Gasteiger charge is 2.23. The van der Waals surface area contributed by atoms with Gasteiger partial charge in [-0.05, 0) is 32.0 Å². The summed E-state index contributed by atoms with van der Waals surface area (Å²) in [5, 5.41) is 4.54. The fourth-order valence-electron chi connectivity index (χ4n) is 1.98. The Morgan fingerprint density at radius 1 is 1.33 bits per heavy atom. The smallest absolute Gasteiger partial charge is 0.242 e. The summed E-state index contributed by atoms with van der Waals surface area (Å²) in [5.74, 6) is 0. The Morgan fingerprint density at radius 3 is 2.57 bits per heavy atom. The van der Waals surface area contributed by atoms with Crippen molar-refractivity contribution in [2.45, 2.75) is 24.8 Å². The van der Waals surface area contributed by atoms with Crippen LogP contribution in [0.5, 0.6) is 0 Å². The van der Waals surface area contributed by atoms with E-state index in [9.17, 15) is 8.42 Å². The molecule has 2 aromatic rings. The number of hydrogen-bond donors (Lipinski definition) is 1. The second-order valence-corrected chi connectivity index (χ2v) is 7.25. The summed E-state index contributed by atoms with van der Waals surface area (Å²) in [6, 6.07) is 3.89. The highest BCUT2D eigenvalue weighted by atomic mass is 35.5. The molecular weight excluding hydrogens is 333 g/mol. The van der Waals surface area contributed by atoms with Gasteiger partial charge in [0.05, 0.1) is 11.2 Å². The Kier molecular flexibility index (Phi) is 4.63. The second kappa shape index (κ2) is 5.96. The summed E-state index contributed by atoms with van der Waals surface area (Å²) in [6.45, 7) is 3.62. The van der Waals surface area contributed by atoms with Crippen LogP contribution < -0.4 is 4.72 Å². The average Bonchev–Trinajstić information content (AvgIpc) is 2.72. The van der Waals surface area contributed by atoms with E-state index >= 15 is 0 Å². The molecule has 21 heavy (non-hydrogen) atoms. The molecule has 0 spiro atoms. The van der Waals surface area contributed by atoms with Crippen molar-refractivity contribution in [2.75, 3.05) is 0 Å². The number of hydrogen-bond acceptors (Lipinski definition) is 3. The lowest BCUT2D eigenvalue weighted by Gasteiger charge is -2.15. The van der Waals surface area contributed by atoms with Crippen molar-refractivity contribution >= 4 is 33.2 Å². The number of nitrogens with zero attached hydrogens (tertiary/aromatic N) is 2. The predicted molar refractivity (Wildman–Crippen MR) is 83.1 cm³/mol. The molecule has 0 saturated heterocycles. The zero-order chi connectivity index (χ0) is 15.8. The summed E-state index contributed by atoms with van der Waals surface area (Å²) in [4.78, 5) is -0.0370. The number of aryl methyl sites for hydroxylation is 1. The number of rotatable bonds is 4. The van der Waals surface area contributed by atoms with Crippen molar-refractivity contribution in [3.63, 3.8) is 0 Å². The van der Waals surface area contributed by atoms with Crippen LogP contribution in [0.1, 0.15) is 24.2 Å². The minimum Gasteiger partial charge on any atom is -0.273 e. The van der Waals surface area contributed by atoms with Gasteiger partial charge in [-0.15, -0.1) is 0 Å². The van der Waals surface area contributed by atoms with Gasteiger partial charge in [-0.3, -0.25) is 4.68 Å². The minimum atomic E-state index is -3.77. The van der Waals surface area contributed by atoms with Crippen LogP contribution >= 0.6 is 23.2 Å². The van der Waals surface area contributed by atoms with Crippen LogP contribution in [0.25, 0.3) is 0 Å². The summed E-state index contributed by atoms with van der Waals surface area (Å²) in [7, 11) is -1.97. The van der Waals surface area contributed by atoms with E-state index in [1.165, 1.54) is 18.2 Å². The average molecular weight is 348 g/mol. The molecular formula is C13H15Cl2N3O2S. The van der Waals surface area contributed by atoms with Gasteiger partial charge >= 0.3 is 0 Å². The van der Waals surface area contributed by atoms with E-state index in [1.807, 2.05) is 6.92 Å². The van der Waals surface area contributed by atoms with Crippen LogP contribution in [0.15, 0.2) is 29.3 Å². The molecule has 2 rings (SSSR count). The van der Waals surface area contributed by atoms with Crippen LogP contribution in [0.2, 0.25) is 10.0 Å². The van der Waals surface area contributed by atoms with Gasteiger partial charge in [-0.25, -0.2) is 13.1 Å². The Bertz CT molecular complexity index is 772. The van der Waals surface area contributed by atoms with Crippen molar-refractivity contribution in [3.8, 4) is 0 Å². The SMILES string of the molecule is Cc1c(C(C)NS(=O)(=O)c2cc(Cl)ccc2Cl)cnn1C. The molecule has 0 aliphatic heterocycles. The maximum Gasteiger partial charge on any atom is 0.242 e. The maximum absolute atomic E-state index is 12.4. The highest BCUT2D eigenvalue weighted by Crippen LogP contribution is 2.27. The highest BCUT2D eigenvalue weighted by molar-refractivity contribution is 7.89. The van der Waals surface area contributed by atoms with E-state index in [2.05, 4.69) is 9.82 Å². The fourth-order valence-corrected chi connectivity index (χ4v) is 3.97. The molecule has 1 N–H and O–H groups in total. The Balaban J connectivity index is 2.33. The Labute approximate surface area is 133 Å². The lowest BCUT2D eigenvalue weighted by molar-refractivity contribution is 0.566. The molecule has 0 fully saturated rings. The molecule has 0 aliphatic carbocycles. The molecule has 0 amide bonds. The van der Waals surface area contributed by atoms with Gasteiger partial charge in [0.2, 0.25) is 10.0 Å².